The largest absolute Gasteiger partial charge is 0.380 e. The van der Waals surface area contributed by atoms with Gasteiger partial charge in [0.1, 0.15) is 0 Å². The summed E-state index contributed by atoms with van der Waals surface area (Å²) >= 11 is 0. The number of methoxy groups -OCH3 is 1. The van der Waals surface area contributed by atoms with Crippen LogP contribution in [0.25, 0.3) is 0 Å². The fourth-order valence-corrected chi connectivity index (χ4v) is 1.59. The standard InChI is InChI=1S/C17H26O/c1-6-9-11-17(10-7-2)15(4)12-13-16(8-3)14-18-5/h6,8-13,15H,1,7,14H2,2-5H3/b11-9-,13-12-,16-8+,17-10+. The Morgan fingerprint density at radius 1 is 1.33 bits per heavy atom. The molecule has 0 saturated carbocycles. The van der Waals surface area contributed by atoms with E-state index in [2.05, 4.69) is 50.8 Å². The number of hydrogen-bond acceptors (Lipinski definition) is 1. The summed E-state index contributed by atoms with van der Waals surface area (Å²) in [5.74, 6) is 0.396. The summed E-state index contributed by atoms with van der Waals surface area (Å²) < 4.78 is 5.14. The van der Waals surface area contributed by atoms with Gasteiger partial charge in [0.05, 0.1) is 6.61 Å². The van der Waals surface area contributed by atoms with Crippen molar-refractivity contribution < 1.29 is 4.74 Å². The molecule has 0 aliphatic rings. The van der Waals surface area contributed by atoms with Crippen LogP contribution >= 0.6 is 0 Å². The first-order valence-electron chi connectivity index (χ1n) is 6.51. The van der Waals surface area contributed by atoms with Gasteiger partial charge in [-0.05, 0) is 30.4 Å². The number of ether oxygens (including phenoxy) is 1. The van der Waals surface area contributed by atoms with Gasteiger partial charge in [-0.1, -0.05) is 63.0 Å². The summed E-state index contributed by atoms with van der Waals surface area (Å²) in [7, 11) is 1.72. The zero-order chi connectivity index (χ0) is 13.8. The molecular weight excluding hydrogens is 220 g/mol. The summed E-state index contributed by atoms with van der Waals surface area (Å²) in [5.41, 5.74) is 2.52. The quantitative estimate of drug-likeness (QED) is 0.556. The van der Waals surface area contributed by atoms with E-state index < -0.39 is 0 Å². The molecule has 1 nitrogen and oxygen atoms in total. The van der Waals surface area contributed by atoms with Gasteiger partial charge in [0.15, 0.2) is 0 Å². The monoisotopic (exact) mass is 246 g/mol. The van der Waals surface area contributed by atoms with Gasteiger partial charge >= 0.3 is 0 Å². The average Bonchev–Trinajstić information content (AvgIpc) is 2.39. The van der Waals surface area contributed by atoms with E-state index in [0.29, 0.717) is 12.5 Å². The lowest BCUT2D eigenvalue weighted by atomic mass is 9.98. The summed E-state index contributed by atoms with van der Waals surface area (Å²) in [6, 6.07) is 0. The van der Waals surface area contributed by atoms with E-state index in [9.17, 15) is 0 Å². The predicted molar refractivity (Wildman–Crippen MR) is 81.6 cm³/mol. The zero-order valence-corrected chi connectivity index (χ0v) is 12.1. The molecule has 18 heavy (non-hydrogen) atoms. The molecule has 0 aliphatic carbocycles. The topological polar surface area (TPSA) is 9.23 Å². The van der Waals surface area contributed by atoms with Crippen molar-refractivity contribution in [2.75, 3.05) is 13.7 Å². The van der Waals surface area contributed by atoms with Gasteiger partial charge in [0, 0.05) is 7.11 Å². The number of allylic oxidation sites excluding steroid dienone is 7. The van der Waals surface area contributed by atoms with Crippen molar-refractivity contribution in [1.29, 1.82) is 0 Å². The Kier molecular flexibility index (Phi) is 9.99. The fraction of sp³-hybridized carbons (Fsp3) is 0.412. The van der Waals surface area contributed by atoms with Crippen molar-refractivity contribution >= 4 is 0 Å². The van der Waals surface area contributed by atoms with Crippen LogP contribution in [0.3, 0.4) is 0 Å². The maximum Gasteiger partial charge on any atom is 0.0709 e. The SMILES string of the molecule is C=C/C=C\C(=C/CC)C(C)/C=C\C(=C/C)COC. The van der Waals surface area contributed by atoms with E-state index in [1.807, 2.05) is 19.1 Å². The molecule has 1 heteroatoms. The van der Waals surface area contributed by atoms with Gasteiger partial charge in [0.2, 0.25) is 0 Å². The first-order valence-corrected chi connectivity index (χ1v) is 6.51. The lowest BCUT2D eigenvalue weighted by Crippen LogP contribution is -1.95. The Balaban J connectivity index is 4.74. The van der Waals surface area contributed by atoms with Gasteiger partial charge in [-0.2, -0.15) is 0 Å². The molecule has 0 aromatic carbocycles. The zero-order valence-electron chi connectivity index (χ0n) is 12.1. The van der Waals surface area contributed by atoms with Crippen LogP contribution in [-0.2, 0) is 4.74 Å². The molecule has 100 valence electrons. The summed E-state index contributed by atoms with van der Waals surface area (Å²) in [5, 5.41) is 0. The van der Waals surface area contributed by atoms with Crippen LogP contribution in [0.15, 0.2) is 60.3 Å². The number of rotatable bonds is 8. The van der Waals surface area contributed by atoms with Crippen LogP contribution in [0.4, 0.5) is 0 Å². The van der Waals surface area contributed by atoms with Crippen molar-refractivity contribution in [2.45, 2.75) is 27.2 Å². The molecule has 1 atom stereocenters. The average molecular weight is 246 g/mol. The molecule has 0 heterocycles. The Morgan fingerprint density at radius 3 is 2.56 bits per heavy atom. The van der Waals surface area contributed by atoms with E-state index in [1.165, 1.54) is 11.1 Å². The molecule has 0 bridgehead atoms. The Morgan fingerprint density at radius 2 is 2.06 bits per heavy atom. The Hall–Kier alpha value is -1.34. The maximum absolute atomic E-state index is 5.14. The highest BCUT2D eigenvalue weighted by molar-refractivity contribution is 5.29. The predicted octanol–water partition coefficient (Wildman–Crippen LogP) is 4.85. The van der Waals surface area contributed by atoms with E-state index in [1.54, 1.807) is 7.11 Å². The minimum absolute atomic E-state index is 0.396. The van der Waals surface area contributed by atoms with Crippen LogP contribution in [0.2, 0.25) is 0 Å². The van der Waals surface area contributed by atoms with Crippen molar-refractivity contribution in [3.05, 3.63) is 60.3 Å². The van der Waals surface area contributed by atoms with Gasteiger partial charge in [-0.3, -0.25) is 0 Å². The van der Waals surface area contributed by atoms with Crippen LogP contribution in [0.5, 0.6) is 0 Å². The molecule has 0 amide bonds. The Labute approximate surface area is 112 Å². The van der Waals surface area contributed by atoms with Gasteiger partial charge in [0.25, 0.3) is 0 Å². The molecule has 0 aromatic heterocycles. The van der Waals surface area contributed by atoms with Gasteiger partial charge < -0.3 is 4.74 Å². The van der Waals surface area contributed by atoms with E-state index in [0.717, 1.165) is 6.42 Å². The van der Waals surface area contributed by atoms with Gasteiger partial charge in [-0.25, -0.2) is 0 Å². The molecule has 1 unspecified atom stereocenters. The van der Waals surface area contributed by atoms with E-state index >= 15 is 0 Å². The van der Waals surface area contributed by atoms with Crippen LogP contribution in [0.1, 0.15) is 27.2 Å². The van der Waals surface area contributed by atoms with Gasteiger partial charge in [-0.15, -0.1) is 0 Å². The summed E-state index contributed by atoms with van der Waals surface area (Å²) in [6.07, 6.45) is 15.6. The Bertz CT molecular complexity index is 343. The highest BCUT2D eigenvalue weighted by Crippen LogP contribution is 2.16. The molecule has 0 fully saturated rings. The third-order valence-corrected chi connectivity index (χ3v) is 2.67. The van der Waals surface area contributed by atoms with Crippen molar-refractivity contribution in [3.8, 4) is 0 Å². The summed E-state index contributed by atoms with van der Waals surface area (Å²) in [4.78, 5) is 0. The smallest absolute Gasteiger partial charge is 0.0709 e. The molecule has 0 rings (SSSR count). The third-order valence-electron chi connectivity index (χ3n) is 2.67. The summed E-state index contributed by atoms with van der Waals surface area (Å²) in [6.45, 7) is 10.8. The van der Waals surface area contributed by atoms with Crippen molar-refractivity contribution in [1.82, 2.24) is 0 Å². The van der Waals surface area contributed by atoms with Crippen LogP contribution < -0.4 is 0 Å². The second kappa shape index (κ2) is 10.8. The lowest BCUT2D eigenvalue weighted by Gasteiger charge is -2.08. The minimum atomic E-state index is 0.396. The van der Waals surface area contributed by atoms with E-state index in [-0.39, 0.29) is 0 Å². The minimum Gasteiger partial charge on any atom is -0.380 e. The first kappa shape index (κ1) is 16.7. The molecule has 0 saturated heterocycles. The molecule has 0 aromatic rings. The van der Waals surface area contributed by atoms with Crippen molar-refractivity contribution in [2.24, 2.45) is 5.92 Å². The highest BCUT2D eigenvalue weighted by atomic mass is 16.5. The molecular formula is C17H26O. The fourth-order valence-electron chi connectivity index (χ4n) is 1.59. The van der Waals surface area contributed by atoms with Crippen LogP contribution in [0, 0.1) is 5.92 Å². The molecule has 0 spiro atoms. The van der Waals surface area contributed by atoms with E-state index in [4.69, 9.17) is 4.74 Å². The first-order chi connectivity index (χ1) is 8.69. The third kappa shape index (κ3) is 7.08. The van der Waals surface area contributed by atoms with Crippen LogP contribution in [-0.4, -0.2) is 13.7 Å². The second-order valence-corrected chi connectivity index (χ2v) is 4.15. The normalized spacial score (nSPS) is 15.6. The second-order valence-electron chi connectivity index (χ2n) is 4.15. The van der Waals surface area contributed by atoms with Crippen molar-refractivity contribution in [3.63, 3.8) is 0 Å². The maximum atomic E-state index is 5.14. The number of hydrogen-bond donors (Lipinski definition) is 0. The molecule has 0 radical (unpaired) electrons. The molecule has 0 N–H and O–H groups in total. The highest BCUT2D eigenvalue weighted by Gasteiger charge is 2.01. The molecule has 0 aliphatic heterocycles. The lowest BCUT2D eigenvalue weighted by molar-refractivity contribution is 0.228.